The molecule has 0 aromatic carbocycles. The van der Waals surface area contributed by atoms with Crippen molar-refractivity contribution >= 4 is 11.9 Å². The van der Waals surface area contributed by atoms with Crippen LogP contribution in [0.15, 0.2) is 11.6 Å². The second kappa shape index (κ2) is 7.55. The largest absolute Gasteiger partial charge is 0.466 e. The van der Waals surface area contributed by atoms with Gasteiger partial charge in [0.05, 0.1) is 19.1 Å². The fourth-order valence-corrected chi connectivity index (χ4v) is 9.03. The maximum absolute atomic E-state index is 12.3. The number of fused-ring (bicyclic) bond motifs is 7. The number of ether oxygens (including phenoxy) is 3. The van der Waals surface area contributed by atoms with Crippen LogP contribution >= 0.6 is 0 Å². The highest BCUT2D eigenvalue weighted by Crippen LogP contribution is 2.75. The van der Waals surface area contributed by atoms with Crippen LogP contribution in [0.3, 0.4) is 0 Å². The van der Waals surface area contributed by atoms with Crippen LogP contribution in [0.1, 0.15) is 86.0 Å². The van der Waals surface area contributed by atoms with Gasteiger partial charge in [-0.3, -0.25) is 9.59 Å². The fraction of sp³-hybridized carbons (Fsp3) is 0.852. The molecular weight excluding hydrogens is 420 g/mol. The molecule has 33 heavy (non-hydrogen) atoms. The first-order chi connectivity index (χ1) is 15.5. The molecule has 3 saturated carbocycles. The van der Waals surface area contributed by atoms with Gasteiger partial charge < -0.3 is 19.3 Å². The average Bonchev–Trinajstić information content (AvgIpc) is 3.41. The second-order valence-electron chi connectivity index (χ2n) is 12.0. The van der Waals surface area contributed by atoms with Gasteiger partial charge in [0.15, 0.2) is 0 Å². The number of esters is 2. The summed E-state index contributed by atoms with van der Waals surface area (Å²) in [5, 5.41) is 11.6. The van der Waals surface area contributed by atoms with Crippen molar-refractivity contribution in [2.24, 2.45) is 28.6 Å². The molecule has 0 amide bonds. The minimum absolute atomic E-state index is 0.0148. The maximum Gasteiger partial charge on any atom is 0.308 e. The predicted molar refractivity (Wildman–Crippen MR) is 122 cm³/mol. The van der Waals surface area contributed by atoms with Gasteiger partial charge in [-0.1, -0.05) is 25.5 Å². The monoisotopic (exact) mass is 460 g/mol. The molecule has 4 aliphatic carbocycles. The Balaban J connectivity index is 1.39. The number of hydrogen-bond acceptors (Lipinski definition) is 6. The van der Waals surface area contributed by atoms with Gasteiger partial charge in [0, 0.05) is 18.8 Å². The van der Waals surface area contributed by atoms with Crippen LogP contribution in [-0.4, -0.2) is 47.1 Å². The maximum atomic E-state index is 12.3. The lowest BCUT2D eigenvalue weighted by Gasteiger charge is -2.59. The van der Waals surface area contributed by atoms with E-state index in [4.69, 9.17) is 14.2 Å². The Morgan fingerprint density at radius 2 is 2.00 bits per heavy atom. The lowest BCUT2D eigenvalue weighted by molar-refractivity contribution is -0.165. The molecule has 0 bridgehead atoms. The van der Waals surface area contributed by atoms with Crippen molar-refractivity contribution < 1.29 is 28.9 Å². The zero-order chi connectivity index (χ0) is 23.8. The summed E-state index contributed by atoms with van der Waals surface area (Å²) < 4.78 is 17.0. The SMILES string of the molecule is CCOC(=O)C[C@](C)(O)[C@@]12O[C@@H]1C[C@@H]1[C@@H]3CC=C4C[C@H](OC(C)=O)CC[C@]4(C)[C@@H]3CC[C@@]12C. The second-order valence-corrected chi connectivity index (χ2v) is 12.0. The summed E-state index contributed by atoms with van der Waals surface area (Å²) in [5.41, 5.74) is -0.392. The van der Waals surface area contributed by atoms with Crippen LogP contribution in [0, 0.1) is 28.6 Å². The lowest BCUT2D eigenvalue weighted by atomic mass is 9.46. The molecule has 1 N–H and O–H groups in total. The summed E-state index contributed by atoms with van der Waals surface area (Å²) in [7, 11) is 0. The number of carbonyl (C=O) groups is 2. The standard InChI is InChI=1S/C27H40O6/c1-6-31-23(29)15-26(5,30)27-22(33-27)14-21-19-8-7-17-13-18(32-16(2)28)9-11-24(17,3)20(19)10-12-25(21,27)4/h7,18-22,30H,6,8-15H2,1-5H3/t18-,19-,20-,21-,22-,24+,25+,26+,27-/m1/s1. The van der Waals surface area contributed by atoms with E-state index in [2.05, 4.69) is 19.9 Å². The van der Waals surface area contributed by atoms with E-state index in [-0.39, 0.29) is 41.4 Å². The minimum atomic E-state index is -1.23. The molecule has 5 rings (SSSR count). The number of epoxide rings is 1. The molecule has 1 saturated heterocycles. The Morgan fingerprint density at radius 1 is 1.24 bits per heavy atom. The summed E-state index contributed by atoms with van der Waals surface area (Å²) in [4.78, 5) is 23.8. The summed E-state index contributed by atoms with van der Waals surface area (Å²) >= 11 is 0. The van der Waals surface area contributed by atoms with Crippen LogP contribution in [0.2, 0.25) is 0 Å². The number of hydrogen-bond donors (Lipinski definition) is 1. The lowest BCUT2D eigenvalue weighted by Crippen LogP contribution is -2.59. The van der Waals surface area contributed by atoms with Crippen molar-refractivity contribution in [1.29, 1.82) is 0 Å². The smallest absolute Gasteiger partial charge is 0.308 e. The average molecular weight is 461 g/mol. The third-order valence-electron chi connectivity index (χ3n) is 10.4. The highest BCUT2D eigenvalue weighted by Gasteiger charge is 2.82. The Bertz CT molecular complexity index is 878. The summed E-state index contributed by atoms with van der Waals surface area (Å²) in [6.45, 7) is 10.1. The number of allylic oxidation sites excluding steroid dienone is 1. The van der Waals surface area contributed by atoms with E-state index in [0.29, 0.717) is 24.4 Å². The Kier molecular flexibility index (Phi) is 5.34. The molecule has 0 radical (unpaired) electrons. The van der Waals surface area contributed by atoms with E-state index >= 15 is 0 Å². The van der Waals surface area contributed by atoms with Gasteiger partial charge in [-0.25, -0.2) is 0 Å². The molecule has 6 heteroatoms. The summed E-state index contributed by atoms with van der Waals surface area (Å²) in [6.07, 6.45) is 9.44. The topological polar surface area (TPSA) is 85.4 Å². The number of aliphatic hydroxyl groups is 1. The summed E-state index contributed by atoms with van der Waals surface area (Å²) in [5.74, 6) is 1.11. The Morgan fingerprint density at radius 3 is 2.70 bits per heavy atom. The molecule has 0 spiro atoms. The molecular formula is C27H40O6. The number of rotatable bonds is 5. The van der Waals surface area contributed by atoms with Gasteiger partial charge in [0.1, 0.15) is 17.3 Å². The van der Waals surface area contributed by atoms with Crippen molar-refractivity contribution in [1.82, 2.24) is 0 Å². The zero-order valence-electron chi connectivity index (χ0n) is 20.8. The zero-order valence-corrected chi connectivity index (χ0v) is 20.8. The molecule has 0 aromatic heterocycles. The first kappa shape index (κ1) is 23.3. The van der Waals surface area contributed by atoms with Gasteiger partial charge >= 0.3 is 11.9 Å². The van der Waals surface area contributed by atoms with Crippen LogP contribution in [-0.2, 0) is 23.8 Å². The molecule has 6 nitrogen and oxygen atoms in total. The van der Waals surface area contributed by atoms with Gasteiger partial charge in [-0.2, -0.15) is 0 Å². The van der Waals surface area contributed by atoms with E-state index in [9.17, 15) is 14.7 Å². The minimum Gasteiger partial charge on any atom is -0.466 e. The number of carbonyl (C=O) groups excluding carboxylic acids is 2. The van der Waals surface area contributed by atoms with Gasteiger partial charge in [-0.15, -0.1) is 0 Å². The van der Waals surface area contributed by atoms with Crippen LogP contribution in [0.4, 0.5) is 0 Å². The first-order valence-electron chi connectivity index (χ1n) is 12.9. The van der Waals surface area contributed by atoms with Crippen molar-refractivity contribution in [3.05, 3.63) is 11.6 Å². The van der Waals surface area contributed by atoms with E-state index in [0.717, 1.165) is 44.9 Å². The molecule has 5 aliphatic rings. The molecule has 1 aliphatic heterocycles. The van der Waals surface area contributed by atoms with Gasteiger partial charge in [0.25, 0.3) is 0 Å². The van der Waals surface area contributed by atoms with Crippen LogP contribution in [0.25, 0.3) is 0 Å². The molecule has 4 fully saturated rings. The van der Waals surface area contributed by atoms with E-state index < -0.39 is 11.2 Å². The third kappa shape index (κ3) is 3.19. The molecule has 1 heterocycles. The Labute approximate surface area is 197 Å². The molecule has 9 atom stereocenters. The van der Waals surface area contributed by atoms with Gasteiger partial charge in [0.2, 0.25) is 0 Å². The van der Waals surface area contributed by atoms with Crippen LogP contribution in [0.5, 0.6) is 0 Å². The molecule has 0 aromatic rings. The molecule has 0 unspecified atom stereocenters. The van der Waals surface area contributed by atoms with E-state index in [1.807, 2.05) is 0 Å². The fourth-order valence-electron chi connectivity index (χ4n) is 9.03. The third-order valence-corrected chi connectivity index (χ3v) is 10.4. The van der Waals surface area contributed by atoms with Crippen molar-refractivity contribution in [3.8, 4) is 0 Å². The highest BCUT2D eigenvalue weighted by molar-refractivity contribution is 5.71. The van der Waals surface area contributed by atoms with Crippen LogP contribution < -0.4 is 0 Å². The Hall–Kier alpha value is -1.40. The predicted octanol–water partition coefficient (Wildman–Crippen LogP) is 4.33. The highest BCUT2D eigenvalue weighted by atomic mass is 16.6. The van der Waals surface area contributed by atoms with Gasteiger partial charge in [-0.05, 0) is 75.5 Å². The molecule has 184 valence electrons. The van der Waals surface area contributed by atoms with Crippen molar-refractivity contribution in [2.75, 3.05) is 6.61 Å². The van der Waals surface area contributed by atoms with Crippen molar-refractivity contribution in [2.45, 2.75) is 109 Å². The van der Waals surface area contributed by atoms with E-state index in [1.54, 1.807) is 13.8 Å². The first-order valence-corrected chi connectivity index (χ1v) is 12.9. The van der Waals surface area contributed by atoms with Crippen molar-refractivity contribution in [3.63, 3.8) is 0 Å². The van der Waals surface area contributed by atoms with E-state index in [1.165, 1.54) is 12.5 Å². The quantitative estimate of drug-likeness (QED) is 0.373. The summed E-state index contributed by atoms with van der Waals surface area (Å²) in [6, 6.07) is 0. The normalized spacial score (nSPS) is 47.1.